The molecule has 2 aromatic rings. The number of hydrogen-bond acceptors (Lipinski definition) is 2. The summed E-state index contributed by atoms with van der Waals surface area (Å²) in [5.41, 5.74) is 1.26. The molecular weight excluding hydrogens is 257 g/mol. The van der Waals surface area contributed by atoms with Gasteiger partial charge in [-0.25, -0.2) is 9.18 Å². The first kappa shape index (κ1) is 13.4. The summed E-state index contributed by atoms with van der Waals surface area (Å²) in [6, 6.07) is 5.24. The van der Waals surface area contributed by atoms with Gasteiger partial charge in [0.15, 0.2) is 0 Å². The summed E-state index contributed by atoms with van der Waals surface area (Å²) in [4.78, 5) is 17.3. The molecule has 1 fully saturated rings. The van der Waals surface area contributed by atoms with E-state index in [2.05, 4.69) is 23.7 Å². The number of likely N-dealkylation sites (tertiary alicyclic amines) is 1. The monoisotopic (exact) mass is 277 g/mol. The smallest absolute Gasteiger partial charge is 0.305 e. The number of nitrogens with one attached hydrogen (secondary N) is 1. The highest BCUT2D eigenvalue weighted by Crippen LogP contribution is 2.25. The third-order valence-corrected chi connectivity index (χ3v) is 4.27. The molecule has 4 nitrogen and oxygen atoms in total. The minimum atomic E-state index is -0.319. The number of rotatable bonds is 2. The molecule has 0 amide bonds. The van der Waals surface area contributed by atoms with Crippen molar-refractivity contribution in [1.29, 1.82) is 0 Å². The lowest BCUT2D eigenvalue weighted by atomic mass is 10.0. The van der Waals surface area contributed by atoms with Crippen molar-refractivity contribution in [2.75, 3.05) is 13.1 Å². The number of imidazole rings is 1. The van der Waals surface area contributed by atoms with Crippen molar-refractivity contribution >= 4 is 11.0 Å². The molecule has 0 bridgehead atoms. The SMILES string of the molecule is CC(C)N1CCC(n2c(=O)[nH]c3cc(F)ccc32)CC1. The van der Waals surface area contributed by atoms with Gasteiger partial charge in [-0.3, -0.25) is 4.57 Å². The highest BCUT2D eigenvalue weighted by Gasteiger charge is 2.24. The second-order valence-corrected chi connectivity index (χ2v) is 5.82. The maximum atomic E-state index is 13.2. The second kappa shape index (κ2) is 5.05. The van der Waals surface area contributed by atoms with Gasteiger partial charge < -0.3 is 9.88 Å². The average molecular weight is 277 g/mol. The first-order chi connectivity index (χ1) is 9.56. The number of aromatic nitrogens is 2. The van der Waals surface area contributed by atoms with Gasteiger partial charge in [0.25, 0.3) is 0 Å². The van der Waals surface area contributed by atoms with Crippen molar-refractivity contribution < 1.29 is 4.39 Å². The van der Waals surface area contributed by atoms with E-state index in [1.807, 2.05) is 0 Å². The minimum absolute atomic E-state index is 0.131. The van der Waals surface area contributed by atoms with Crippen LogP contribution in [0.15, 0.2) is 23.0 Å². The number of benzene rings is 1. The maximum absolute atomic E-state index is 13.2. The molecule has 0 unspecified atom stereocenters. The van der Waals surface area contributed by atoms with Crippen LogP contribution in [0.1, 0.15) is 32.7 Å². The first-order valence-electron chi connectivity index (χ1n) is 7.20. The Morgan fingerprint density at radius 2 is 2.00 bits per heavy atom. The van der Waals surface area contributed by atoms with E-state index in [0.29, 0.717) is 11.6 Å². The Hall–Kier alpha value is -1.62. The molecule has 3 rings (SSSR count). The van der Waals surface area contributed by atoms with Gasteiger partial charge >= 0.3 is 5.69 Å². The summed E-state index contributed by atoms with van der Waals surface area (Å²) in [5, 5.41) is 0. The molecule has 5 heteroatoms. The minimum Gasteiger partial charge on any atom is -0.305 e. The van der Waals surface area contributed by atoms with Gasteiger partial charge in [0.2, 0.25) is 0 Å². The Bertz CT molecular complexity index is 665. The van der Waals surface area contributed by atoms with Crippen LogP contribution in [-0.2, 0) is 0 Å². The Labute approximate surface area is 117 Å². The zero-order valence-corrected chi connectivity index (χ0v) is 11.9. The van der Waals surface area contributed by atoms with Crippen molar-refractivity contribution in [1.82, 2.24) is 14.5 Å². The van der Waals surface area contributed by atoms with Crippen LogP contribution in [0.5, 0.6) is 0 Å². The van der Waals surface area contributed by atoms with Crippen LogP contribution in [0.3, 0.4) is 0 Å². The zero-order chi connectivity index (χ0) is 14.3. The lowest BCUT2D eigenvalue weighted by Gasteiger charge is -2.35. The lowest BCUT2D eigenvalue weighted by molar-refractivity contribution is 0.152. The molecule has 20 heavy (non-hydrogen) atoms. The van der Waals surface area contributed by atoms with Crippen molar-refractivity contribution in [2.24, 2.45) is 0 Å². The van der Waals surface area contributed by atoms with Crippen molar-refractivity contribution in [2.45, 2.75) is 38.8 Å². The van der Waals surface area contributed by atoms with Crippen LogP contribution < -0.4 is 5.69 Å². The Kier molecular flexibility index (Phi) is 3.38. The maximum Gasteiger partial charge on any atom is 0.326 e. The van der Waals surface area contributed by atoms with Gasteiger partial charge in [-0.1, -0.05) is 0 Å². The average Bonchev–Trinajstić information content (AvgIpc) is 2.73. The highest BCUT2D eigenvalue weighted by molar-refractivity contribution is 5.75. The van der Waals surface area contributed by atoms with Gasteiger partial charge in [0, 0.05) is 25.2 Å². The molecule has 2 heterocycles. The summed E-state index contributed by atoms with van der Waals surface area (Å²) in [5.74, 6) is -0.319. The second-order valence-electron chi connectivity index (χ2n) is 5.82. The molecular formula is C15H20FN3O. The quantitative estimate of drug-likeness (QED) is 0.916. The van der Waals surface area contributed by atoms with Crippen LogP contribution in [0.2, 0.25) is 0 Å². The summed E-state index contributed by atoms with van der Waals surface area (Å²) in [6.45, 7) is 6.40. The highest BCUT2D eigenvalue weighted by atomic mass is 19.1. The summed E-state index contributed by atoms with van der Waals surface area (Å²) in [7, 11) is 0. The number of halogens is 1. The van der Waals surface area contributed by atoms with Crippen molar-refractivity contribution in [3.05, 3.63) is 34.5 Å². The fraction of sp³-hybridized carbons (Fsp3) is 0.533. The third kappa shape index (κ3) is 2.26. The summed E-state index contributed by atoms with van der Waals surface area (Å²) >= 11 is 0. The van der Waals surface area contributed by atoms with E-state index < -0.39 is 0 Å². The van der Waals surface area contributed by atoms with E-state index in [1.165, 1.54) is 12.1 Å². The molecule has 1 aliphatic rings. The number of hydrogen-bond donors (Lipinski definition) is 1. The predicted octanol–water partition coefficient (Wildman–Crippen LogP) is 2.51. The first-order valence-corrected chi connectivity index (χ1v) is 7.20. The van der Waals surface area contributed by atoms with E-state index in [-0.39, 0.29) is 17.5 Å². The van der Waals surface area contributed by atoms with Gasteiger partial charge in [0.1, 0.15) is 5.82 Å². The van der Waals surface area contributed by atoms with Crippen LogP contribution in [0.25, 0.3) is 11.0 Å². The van der Waals surface area contributed by atoms with Gasteiger partial charge in [0.05, 0.1) is 11.0 Å². The largest absolute Gasteiger partial charge is 0.326 e. The number of H-pyrrole nitrogens is 1. The van der Waals surface area contributed by atoms with E-state index >= 15 is 0 Å². The van der Waals surface area contributed by atoms with Crippen molar-refractivity contribution in [3.8, 4) is 0 Å². The predicted molar refractivity (Wildman–Crippen MR) is 77.5 cm³/mol. The topological polar surface area (TPSA) is 41.0 Å². The van der Waals surface area contributed by atoms with Crippen LogP contribution >= 0.6 is 0 Å². The van der Waals surface area contributed by atoms with Crippen molar-refractivity contribution in [3.63, 3.8) is 0 Å². The van der Waals surface area contributed by atoms with Crippen LogP contribution in [0.4, 0.5) is 4.39 Å². The van der Waals surface area contributed by atoms with Gasteiger partial charge in [-0.15, -0.1) is 0 Å². The number of piperidine rings is 1. The zero-order valence-electron chi connectivity index (χ0n) is 11.9. The Morgan fingerprint density at radius 3 is 2.65 bits per heavy atom. The molecule has 1 N–H and O–H groups in total. The van der Waals surface area contributed by atoms with Crippen LogP contribution in [-0.4, -0.2) is 33.6 Å². The molecule has 0 radical (unpaired) electrons. The number of nitrogens with zero attached hydrogens (tertiary/aromatic N) is 2. The fourth-order valence-electron chi connectivity index (χ4n) is 3.13. The molecule has 1 aliphatic heterocycles. The summed E-state index contributed by atoms with van der Waals surface area (Å²) in [6.07, 6.45) is 1.92. The van der Waals surface area contributed by atoms with E-state index in [4.69, 9.17) is 0 Å². The number of fused-ring (bicyclic) bond motifs is 1. The molecule has 0 saturated carbocycles. The Morgan fingerprint density at radius 1 is 1.30 bits per heavy atom. The van der Waals surface area contributed by atoms with Gasteiger partial charge in [-0.2, -0.15) is 0 Å². The standard InChI is InChI=1S/C15H20FN3O/c1-10(2)18-7-5-12(6-8-18)19-14-4-3-11(16)9-13(14)17-15(19)20/h3-4,9-10,12H,5-8H2,1-2H3,(H,17,20). The molecule has 108 valence electrons. The summed E-state index contributed by atoms with van der Waals surface area (Å²) < 4.78 is 15.0. The van der Waals surface area contributed by atoms with E-state index in [1.54, 1.807) is 10.6 Å². The molecule has 0 aliphatic carbocycles. The number of aromatic amines is 1. The molecule has 1 saturated heterocycles. The molecule has 0 spiro atoms. The third-order valence-electron chi connectivity index (χ3n) is 4.27. The fourth-order valence-corrected chi connectivity index (χ4v) is 3.13. The normalized spacial score (nSPS) is 18.2. The van der Waals surface area contributed by atoms with Gasteiger partial charge in [-0.05, 0) is 44.9 Å². The Balaban J connectivity index is 1.92. The molecule has 0 atom stereocenters. The molecule has 1 aromatic carbocycles. The molecule has 1 aromatic heterocycles. The lowest BCUT2D eigenvalue weighted by Crippen LogP contribution is -2.40. The van der Waals surface area contributed by atoms with E-state index in [0.717, 1.165) is 31.4 Å². The van der Waals surface area contributed by atoms with E-state index in [9.17, 15) is 9.18 Å². The van der Waals surface area contributed by atoms with Crippen LogP contribution in [0, 0.1) is 5.82 Å².